The van der Waals surface area contributed by atoms with Gasteiger partial charge < -0.3 is 10.3 Å². The molecule has 0 radical (unpaired) electrons. The van der Waals surface area contributed by atoms with Crippen molar-refractivity contribution in [2.45, 2.75) is 25.9 Å². The number of aryl methyl sites for hydroxylation is 1. The van der Waals surface area contributed by atoms with Gasteiger partial charge in [0.15, 0.2) is 0 Å². The van der Waals surface area contributed by atoms with Crippen molar-refractivity contribution in [3.63, 3.8) is 0 Å². The molecule has 14 heavy (non-hydrogen) atoms. The highest BCUT2D eigenvalue weighted by Crippen LogP contribution is 2.26. The minimum absolute atomic E-state index is 0.278. The average Bonchev–Trinajstić information content (AvgIpc) is 2.48. The predicted octanol–water partition coefficient (Wildman–Crippen LogP) is 1.83. The van der Waals surface area contributed by atoms with Gasteiger partial charge in [-0.3, -0.25) is 0 Å². The third kappa shape index (κ3) is 1.01. The van der Waals surface area contributed by atoms with Gasteiger partial charge in [-0.1, -0.05) is 11.6 Å². The summed E-state index contributed by atoms with van der Waals surface area (Å²) in [6.07, 6.45) is 3.16. The molecule has 2 heterocycles. The Labute approximate surface area is 83.3 Å². The summed E-state index contributed by atoms with van der Waals surface area (Å²) in [6, 6.07) is 6.97. The summed E-state index contributed by atoms with van der Waals surface area (Å²) in [7, 11) is 0. The molecule has 72 valence electrons. The van der Waals surface area contributed by atoms with E-state index in [9.17, 15) is 0 Å². The zero-order valence-corrected chi connectivity index (χ0v) is 8.33. The maximum atomic E-state index is 6.01. The van der Waals surface area contributed by atoms with Crippen LogP contribution < -0.4 is 5.73 Å². The molecule has 1 aliphatic heterocycles. The number of nitrogens with zero attached hydrogens (tertiary/aromatic N) is 1. The molecule has 1 unspecified atom stereocenters. The van der Waals surface area contributed by atoms with Crippen molar-refractivity contribution >= 4 is 10.9 Å². The van der Waals surface area contributed by atoms with Gasteiger partial charge in [0, 0.05) is 24.2 Å². The second kappa shape index (κ2) is 2.61. The first-order valence-corrected chi connectivity index (χ1v) is 5.08. The number of hydrogen-bond acceptors (Lipinski definition) is 1. The van der Waals surface area contributed by atoms with Gasteiger partial charge >= 0.3 is 0 Å². The standard InChI is InChI=1S/C12H14N2/c1-8-4-9-2-3-14-7-11(13)6-10(5-8)12(9)14/h2-5,11H,6-7,13H2,1H3. The average molecular weight is 186 g/mol. The van der Waals surface area contributed by atoms with Crippen LogP contribution in [0.5, 0.6) is 0 Å². The number of hydrogen-bond donors (Lipinski definition) is 1. The molecule has 1 aromatic heterocycles. The SMILES string of the molecule is Cc1cc2c3c(ccn3CC(N)C2)c1. The lowest BCUT2D eigenvalue weighted by Gasteiger charge is -2.21. The van der Waals surface area contributed by atoms with Crippen LogP contribution in [0, 0.1) is 6.92 Å². The minimum Gasteiger partial charge on any atom is -0.346 e. The second-order valence-corrected chi connectivity index (χ2v) is 4.29. The molecule has 1 aromatic carbocycles. The molecule has 0 saturated heterocycles. The molecule has 2 aromatic rings. The van der Waals surface area contributed by atoms with Crippen LogP contribution >= 0.6 is 0 Å². The Morgan fingerprint density at radius 1 is 1.43 bits per heavy atom. The molecule has 2 nitrogen and oxygen atoms in total. The molecular weight excluding hydrogens is 172 g/mol. The van der Waals surface area contributed by atoms with E-state index in [0.717, 1.165) is 13.0 Å². The Kier molecular flexibility index (Phi) is 1.50. The molecule has 1 atom stereocenters. The molecule has 0 bridgehead atoms. The van der Waals surface area contributed by atoms with Crippen LogP contribution in [0.15, 0.2) is 24.4 Å². The summed E-state index contributed by atoms with van der Waals surface area (Å²) in [5.41, 5.74) is 10.1. The van der Waals surface area contributed by atoms with E-state index in [2.05, 4.69) is 35.9 Å². The van der Waals surface area contributed by atoms with E-state index >= 15 is 0 Å². The van der Waals surface area contributed by atoms with Gasteiger partial charge in [0.1, 0.15) is 0 Å². The molecule has 1 aliphatic rings. The van der Waals surface area contributed by atoms with E-state index in [0.29, 0.717) is 0 Å². The summed E-state index contributed by atoms with van der Waals surface area (Å²) in [6.45, 7) is 3.10. The fraction of sp³-hybridized carbons (Fsp3) is 0.333. The lowest BCUT2D eigenvalue weighted by atomic mass is 9.98. The fourth-order valence-electron chi connectivity index (χ4n) is 2.51. The minimum atomic E-state index is 0.278. The summed E-state index contributed by atoms with van der Waals surface area (Å²) < 4.78 is 2.28. The lowest BCUT2D eigenvalue weighted by Crippen LogP contribution is -2.31. The van der Waals surface area contributed by atoms with Gasteiger partial charge in [0.2, 0.25) is 0 Å². The predicted molar refractivity (Wildman–Crippen MR) is 58.4 cm³/mol. The van der Waals surface area contributed by atoms with Gasteiger partial charge in [0.25, 0.3) is 0 Å². The highest BCUT2D eigenvalue weighted by atomic mass is 15.0. The largest absolute Gasteiger partial charge is 0.346 e. The number of nitrogens with two attached hydrogens (primary N) is 1. The van der Waals surface area contributed by atoms with Gasteiger partial charge in [0.05, 0.1) is 5.52 Å². The van der Waals surface area contributed by atoms with E-state index in [1.54, 1.807) is 0 Å². The van der Waals surface area contributed by atoms with Gasteiger partial charge in [-0.2, -0.15) is 0 Å². The molecule has 3 rings (SSSR count). The monoisotopic (exact) mass is 186 g/mol. The normalized spacial score (nSPS) is 20.3. The van der Waals surface area contributed by atoms with Crippen molar-refractivity contribution in [3.8, 4) is 0 Å². The number of aromatic nitrogens is 1. The molecule has 0 amide bonds. The van der Waals surface area contributed by atoms with Gasteiger partial charge in [-0.05, 0) is 31.0 Å². The Balaban J connectivity index is 2.38. The van der Waals surface area contributed by atoms with Gasteiger partial charge in [-0.25, -0.2) is 0 Å². The van der Waals surface area contributed by atoms with Crippen LogP contribution in [0.3, 0.4) is 0 Å². The third-order valence-corrected chi connectivity index (χ3v) is 3.00. The zero-order valence-electron chi connectivity index (χ0n) is 8.33. The van der Waals surface area contributed by atoms with Crippen LogP contribution in [0.2, 0.25) is 0 Å². The van der Waals surface area contributed by atoms with E-state index in [1.807, 2.05) is 0 Å². The van der Waals surface area contributed by atoms with Crippen molar-refractivity contribution in [1.29, 1.82) is 0 Å². The molecule has 0 spiro atoms. The highest BCUT2D eigenvalue weighted by molar-refractivity contribution is 5.84. The third-order valence-electron chi connectivity index (χ3n) is 3.00. The van der Waals surface area contributed by atoms with Crippen LogP contribution in [-0.2, 0) is 13.0 Å². The molecular formula is C12H14N2. The van der Waals surface area contributed by atoms with E-state index in [-0.39, 0.29) is 6.04 Å². The Morgan fingerprint density at radius 3 is 3.14 bits per heavy atom. The summed E-state index contributed by atoms with van der Waals surface area (Å²) in [5.74, 6) is 0. The summed E-state index contributed by atoms with van der Waals surface area (Å²) in [5, 5.41) is 1.35. The summed E-state index contributed by atoms with van der Waals surface area (Å²) >= 11 is 0. The molecule has 2 N–H and O–H groups in total. The number of rotatable bonds is 0. The number of benzene rings is 1. The topological polar surface area (TPSA) is 30.9 Å². The van der Waals surface area contributed by atoms with Crippen molar-refractivity contribution in [2.24, 2.45) is 5.73 Å². The van der Waals surface area contributed by atoms with Crippen molar-refractivity contribution in [3.05, 3.63) is 35.5 Å². The quantitative estimate of drug-likeness (QED) is 0.668. The van der Waals surface area contributed by atoms with Crippen LogP contribution in [0.1, 0.15) is 11.1 Å². The van der Waals surface area contributed by atoms with Crippen LogP contribution in [0.25, 0.3) is 10.9 Å². The molecule has 0 aliphatic carbocycles. The van der Waals surface area contributed by atoms with Crippen LogP contribution in [-0.4, -0.2) is 10.6 Å². The maximum Gasteiger partial charge on any atom is 0.0514 e. The van der Waals surface area contributed by atoms with E-state index < -0.39 is 0 Å². The van der Waals surface area contributed by atoms with Gasteiger partial charge in [-0.15, -0.1) is 0 Å². The first-order valence-electron chi connectivity index (χ1n) is 5.08. The first kappa shape index (κ1) is 8.06. The first-order chi connectivity index (χ1) is 6.74. The Hall–Kier alpha value is -1.28. The Bertz CT molecular complexity index is 496. The lowest BCUT2D eigenvalue weighted by molar-refractivity contribution is 0.541. The van der Waals surface area contributed by atoms with Crippen molar-refractivity contribution < 1.29 is 0 Å². The summed E-state index contributed by atoms with van der Waals surface area (Å²) in [4.78, 5) is 0. The zero-order chi connectivity index (χ0) is 9.71. The van der Waals surface area contributed by atoms with E-state index in [1.165, 1.54) is 22.0 Å². The van der Waals surface area contributed by atoms with E-state index in [4.69, 9.17) is 5.73 Å². The highest BCUT2D eigenvalue weighted by Gasteiger charge is 2.17. The second-order valence-electron chi connectivity index (χ2n) is 4.29. The smallest absolute Gasteiger partial charge is 0.0514 e. The Morgan fingerprint density at radius 2 is 2.29 bits per heavy atom. The van der Waals surface area contributed by atoms with Crippen molar-refractivity contribution in [1.82, 2.24) is 4.57 Å². The molecule has 2 heteroatoms. The fourth-order valence-corrected chi connectivity index (χ4v) is 2.51. The molecule has 0 saturated carbocycles. The van der Waals surface area contributed by atoms with Crippen LogP contribution in [0.4, 0.5) is 0 Å². The maximum absolute atomic E-state index is 6.01. The molecule has 0 fully saturated rings. The van der Waals surface area contributed by atoms with Crippen molar-refractivity contribution in [2.75, 3.05) is 0 Å².